The zero-order valence-electron chi connectivity index (χ0n) is 11.6. The number of aliphatic imine (C=N–C) groups is 1. The van der Waals surface area contributed by atoms with Crippen molar-refractivity contribution in [1.82, 2.24) is 10.3 Å². The van der Waals surface area contributed by atoms with Crippen LogP contribution in [0.15, 0.2) is 10.4 Å². The summed E-state index contributed by atoms with van der Waals surface area (Å²) in [4.78, 5) is 8.72. The number of aromatic nitrogens is 1. The monoisotopic (exact) mass is 268 g/mol. The highest BCUT2D eigenvalue weighted by molar-refractivity contribution is 7.09. The fourth-order valence-corrected chi connectivity index (χ4v) is 2.31. The van der Waals surface area contributed by atoms with Crippen LogP contribution < -0.4 is 11.1 Å². The molecule has 0 atom stereocenters. The lowest BCUT2D eigenvalue weighted by Gasteiger charge is -2.07. The van der Waals surface area contributed by atoms with Crippen molar-refractivity contribution in [3.63, 3.8) is 0 Å². The van der Waals surface area contributed by atoms with Crippen LogP contribution in [-0.4, -0.2) is 24.0 Å². The summed E-state index contributed by atoms with van der Waals surface area (Å²) >= 11 is 1.72. The van der Waals surface area contributed by atoms with Crippen LogP contribution in [0.5, 0.6) is 0 Å². The molecule has 1 aromatic rings. The van der Waals surface area contributed by atoms with Gasteiger partial charge in [-0.25, -0.2) is 4.98 Å². The second-order valence-electron chi connectivity index (χ2n) is 4.86. The SMILES string of the molecule is Cc1csc(CCCN=C(N)NCCC(C)C)n1. The van der Waals surface area contributed by atoms with Gasteiger partial charge in [-0.15, -0.1) is 11.3 Å². The van der Waals surface area contributed by atoms with Gasteiger partial charge in [0.25, 0.3) is 0 Å². The molecule has 0 radical (unpaired) electrons. The molecule has 1 heterocycles. The third-order valence-corrected chi connectivity index (χ3v) is 3.55. The molecule has 0 aliphatic carbocycles. The second kappa shape index (κ2) is 8.08. The Hall–Kier alpha value is -1.10. The summed E-state index contributed by atoms with van der Waals surface area (Å²) in [5.41, 5.74) is 6.87. The number of hydrogen-bond acceptors (Lipinski definition) is 3. The van der Waals surface area contributed by atoms with Gasteiger partial charge < -0.3 is 11.1 Å². The van der Waals surface area contributed by atoms with Crippen LogP contribution in [0, 0.1) is 12.8 Å². The van der Waals surface area contributed by atoms with Gasteiger partial charge in [-0.05, 0) is 25.7 Å². The predicted octanol–water partition coefficient (Wildman–Crippen LogP) is 2.33. The number of nitrogens with one attached hydrogen (secondary N) is 1. The Morgan fingerprint density at radius 3 is 2.94 bits per heavy atom. The Morgan fingerprint density at radius 2 is 2.33 bits per heavy atom. The number of aryl methyl sites for hydroxylation is 2. The van der Waals surface area contributed by atoms with Crippen LogP contribution in [0.25, 0.3) is 0 Å². The quantitative estimate of drug-likeness (QED) is 0.453. The standard InChI is InChI=1S/C13H24N4S/c1-10(2)6-8-16-13(14)15-7-4-5-12-17-11(3)9-18-12/h9-10H,4-8H2,1-3H3,(H3,14,15,16). The first-order chi connectivity index (χ1) is 8.58. The number of hydrogen-bond donors (Lipinski definition) is 2. The second-order valence-corrected chi connectivity index (χ2v) is 5.81. The van der Waals surface area contributed by atoms with Crippen LogP contribution in [-0.2, 0) is 6.42 Å². The minimum atomic E-state index is 0.561. The Labute approximate surface area is 114 Å². The van der Waals surface area contributed by atoms with Crippen LogP contribution in [0.3, 0.4) is 0 Å². The normalized spacial score (nSPS) is 12.1. The van der Waals surface area contributed by atoms with Crippen molar-refractivity contribution in [3.05, 3.63) is 16.1 Å². The van der Waals surface area contributed by atoms with Gasteiger partial charge in [0.15, 0.2) is 5.96 Å². The summed E-state index contributed by atoms with van der Waals surface area (Å²) in [5.74, 6) is 1.25. The lowest BCUT2D eigenvalue weighted by atomic mass is 10.1. The third kappa shape index (κ3) is 6.59. The molecule has 0 saturated carbocycles. The molecule has 1 rings (SSSR count). The minimum Gasteiger partial charge on any atom is -0.370 e. The molecule has 0 aliphatic heterocycles. The van der Waals surface area contributed by atoms with Crippen LogP contribution in [0.1, 0.15) is 37.4 Å². The molecule has 0 aromatic carbocycles. The molecule has 18 heavy (non-hydrogen) atoms. The average molecular weight is 268 g/mol. The molecule has 0 bridgehead atoms. The zero-order chi connectivity index (χ0) is 13.4. The molecule has 0 spiro atoms. The van der Waals surface area contributed by atoms with Crippen molar-refractivity contribution >= 4 is 17.3 Å². The van der Waals surface area contributed by atoms with Crippen LogP contribution in [0.4, 0.5) is 0 Å². The van der Waals surface area contributed by atoms with E-state index >= 15 is 0 Å². The summed E-state index contributed by atoms with van der Waals surface area (Å²) < 4.78 is 0. The Bertz CT molecular complexity index is 371. The Morgan fingerprint density at radius 1 is 1.56 bits per heavy atom. The van der Waals surface area contributed by atoms with Crippen LogP contribution >= 0.6 is 11.3 Å². The Balaban J connectivity index is 2.11. The highest BCUT2D eigenvalue weighted by Crippen LogP contribution is 2.10. The average Bonchev–Trinajstić information content (AvgIpc) is 2.70. The maximum Gasteiger partial charge on any atom is 0.188 e. The van der Waals surface area contributed by atoms with Gasteiger partial charge in [0.2, 0.25) is 0 Å². The van der Waals surface area contributed by atoms with Gasteiger partial charge >= 0.3 is 0 Å². The summed E-state index contributed by atoms with van der Waals surface area (Å²) in [6.45, 7) is 8.09. The molecule has 5 heteroatoms. The number of nitrogens with two attached hydrogens (primary N) is 1. The van der Waals surface area contributed by atoms with Gasteiger partial charge in [-0.2, -0.15) is 0 Å². The van der Waals surface area contributed by atoms with E-state index in [1.165, 1.54) is 5.01 Å². The molecular weight excluding hydrogens is 244 g/mol. The van der Waals surface area contributed by atoms with E-state index in [1.807, 2.05) is 6.92 Å². The number of rotatable bonds is 7. The van der Waals surface area contributed by atoms with Crippen molar-refractivity contribution < 1.29 is 0 Å². The fourth-order valence-electron chi connectivity index (χ4n) is 1.49. The molecule has 102 valence electrons. The molecule has 1 aromatic heterocycles. The summed E-state index contributed by atoms with van der Waals surface area (Å²) in [5, 5.41) is 6.40. The molecule has 3 N–H and O–H groups in total. The van der Waals surface area contributed by atoms with E-state index in [-0.39, 0.29) is 0 Å². The first kappa shape index (κ1) is 15.0. The van der Waals surface area contributed by atoms with Gasteiger partial charge in [0.1, 0.15) is 0 Å². The lowest BCUT2D eigenvalue weighted by Crippen LogP contribution is -2.33. The summed E-state index contributed by atoms with van der Waals surface area (Å²) in [7, 11) is 0. The van der Waals surface area contributed by atoms with Gasteiger partial charge in [0.05, 0.1) is 5.01 Å². The smallest absolute Gasteiger partial charge is 0.188 e. The van der Waals surface area contributed by atoms with E-state index < -0.39 is 0 Å². The topological polar surface area (TPSA) is 63.3 Å². The molecule has 0 unspecified atom stereocenters. The third-order valence-electron chi connectivity index (χ3n) is 2.53. The van der Waals surface area contributed by atoms with Crippen LogP contribution in [0.2, 0.25) is 0 Å². The summed E-state index contributed by atoms with van der Waals surface area (Å²) in [6.07, 6.45) is 3.11. The largest absolute Gasteiger partial charge is 0.370 e. The highest BCUT2D eigenvalue weighted by atomic mass is 32.1. The molecular formula is C13H24N4S. The van der Waals surface area contributed by atoms with Gasteiger partial charge in [-0.3, -0.25) is 4.99 Å². The number of nitrogens with zero attached hydrogens (tertiary/aromatic N) is 2. The van der Waals surface area contributed by atoms with E-state index in [2.05, 4.69) is 34.5 Å². The van der Waals surface area contributed by atoms with E-state index in [0.29, 0.717) is 11.9 Å². The molecule has 4 nitrogen and oxygen atoms in total. The zero-order valence-corrected chi connectivity index (χ0v) is 12.4. The van der Waals surface area contributed by atoms with Crippen molar-refractivity contribution in [2.45, 2.75) is 40.0 Å². The first-order valence-electron chi connectivity index (χ1n) is 6.52. The van der Waals surface area contributed by atoms with E-state index in [4.69, 9.17) is 5.73 Å². The van der Waals surface area contributed by atoms with Crippen molar-refractivity contribution in [2.24, 2.45) is 16.6 Å². The fraction of sp³-hybridized carbons (Fsp3) is 0.692. The Kier molecular flexibility index (Phi) is 6.72. The van der Waals surface area contributed by atoms with Gasteiger partial charge in [0, 0.05) is 30.6 Å². The predicted molar refractivity (Wildman–Crippen MR) is 79.1 cm³/mol. The number of thiazole rings is 1. The van der Waals surface area contributed by atoms with Crippen molar-refractivity contribution in [2.75, 3.05) is 13.1 Å². The molecule has 0 saturated heterocycles. The molecule has 0 fully saturated rings. The van der Waals surface area contributed by atoms with E-state index in [9.17, 15) is 0 Å². The van der Waals surface area contributed by atoms with Gasteiger partial charge in [-0.1, -0.05) is 13.8 Å². The number of guanidine groups is 1. The van der Waals surface area contributed by atoms with E-state index in [0.717, 1.165) is 38.0 Å². The summed E-state index contributed by atoms with van der Waals surface area (Å²) in [6, 6.07) is 0. The molecule has 0 amide bonds. The minimum absolute atomic E-state index is 0.561. The maximum atomic E-state index is 5.77. The maximum absolute atomic E-state index is 5.77. The van der Waals surface area contributed by atoms with Crippen molar-refractivity contribution in [3.8, 4) is 0 Å². The highest BCUT2D eigenvalue weighted by Gasteiger charge is 1.98. The lowest BCUT2D eigenvalue weighted by molar-refractivity contribution is 0.576. The molecule has 0 aliphatic rings. The van der Waals surface area contributed by atoms with E-state index in [1.54, 1.807) is 11.3 Å². The first-order valence-corrected chi connectivity index (χ1v) is 7.40. The van der Waals surface area contributed by atoms with Crippen molar-refractivity contribution in [1.29, 1.82) is 0 Å².